The highest BCUT2D eigenvalue weighted by Crippen LogP contribution is 2.39. The molecule has 11 heteroatoms. The number of amides is 2. The number of fused-ring (bicyclic) bond motifs is 2. The Labute approximate surface area is 222 Å². The summed E-state index contributed by atoms with van der Waals surface area (Å²) in [5.41, 5.74) is 12.6. The van der Waals surface area contributed by atoms with Crippen LogP contribution in [0, 0.1) is 0 Å². The summed E-state index contributed by atoms with van der Waals surface area (Å²) in [5.74, 6) is -1.44. The van der Waals surface area contributed by atoms with Gasteiger partial charge in [0, 0.05) is 37.7 Å². The predicted octanol–water partition coefficient (Wildman–Crippen LogP) is 3.59. The monoisotopic (exact) mass is 531 g/mol. The van der Waals surface area contributed by atoms with Crippen LogP contribution in [-0.2, 0) is 30.2 Å². The van der Waals surface area contributed by atoms with Gasteiger partial charge in [-0.25, -0.2) is 4.79 Å². The molecule has 2 rings (SSSR count). The zero-order chi connectivity index (χ0) is 28.4. The van der Waals surface area contributed by atoms with Crippen molar-refractivity contribution in [2.75, 3.05) is 18.2 Å². The summed E-state index contributed by atoms with van der Waals surface area (Å²) >= 11 is 0. The van der Waals surface area contributed by atoms with Crippen LogP contribution in [0.3, 0.4) is 0 Å². The van der Waals surface area contributed by atoms with Crippen LogP contribution in [0.25, 0.3) is 0 Å². The average Bonchev–Trinajstić information content (AvgIpc) is 2.85. The Morgan fingerprint density at radius 1 is 1.16 bits per heavy atom. The van der Waals surface area contributed by atoms with E-state index >= 15 is 0 Å². The summed E-state index contributed by atoms with van der Waals surface area (Å²) in [5, 5.41) is 23.6. The van der Waals surface area contributed by atoms with Gasteiger partial charge in [0.2, 0.25) is 0 Å². The molecule has 0 radical (unpaired) electrons. The first-order chi connectivity index (χ1) is 17.9. The third-order valence-corrected chi connectivity index (χ3v) is 6.18. The van der Waals surface area contributed by atoms with Gasteiger partial charge >= 0.3 is 12.1 Å². The largest absolute Gasteiger partial charge is 0.506 e. The van der Waals surface area contributed by atoms with E-state index in [2.05, 4.69) is 5.32 Å². The molecule has 1 aromatic rings. The SMILES string of the molecule is COC1/C=C\C=C(/C)C(=O)Nc2cc(O)c(N)c(c2O)CCCCC(OC(C)=O)C/C=C(\C)C1OC(N)=O. The lowest BCUT2D eigenvalue weighted by Gasteiger charge is -2.24. The van der Waals surface area contributed by atoms with Crippen LogP contribution in [0.1, 0.15) is 52.0 Å². The molecular weight excluding hydrogens is 494 g/mol. The lowest BCUT2D eigenvalue weighted by atomic mass is 9.99. The zero-order valence-corrected chi connectivity index (χ0v) is 22.2. The van der Waals surface area contributed by atoms with Crippen LogP contribution in [0.5, 0.6) is 11.5 Å². The van der Waals surface area contributed by atoms with Gasteiger partial charge in [0.05, 0.1) is 11.4 Å². The third kappa shape index (κ3) is 8.55. The number of nitrogens with two attached hydrogens (primary N) is 2. The molecule has 0 saturated heterocycles. The maximum absolute atomic E-state index is 12.7. The molecule has 1 heterocycles. The number of esters is 1. The second-order valence-electron chi connectivity index (χ2n) is 9.09. The normalized spacial score (nSPS) is 25.2. The number of phenolic OH excluding ortho intramolecular Hbond substituents is 2. The Bertz CT molecular complexity index is 1130. The predicted molar refractivity (Wildman–Crippen MR) is 142 cm³/mol. The Balaban J connectivity index is 2.50. The van der Waals surface area contributed by atoms with E-state index in [-0.39, 0.29) is 28.4 Å². The fourth-order valence-corrected chi connectivity index (χ4v) is 4.10. The number of phenols is 2. The summed E-state index contributed by atoms with van der Waals surface area (Å²) in [7, 11) is 1.44. The van der Waals surface area contributed by atoms with Gasteiger partial charge in [-0.3, -0.25) is 9.59 Å². The van der Waals surface area contributed by atoms with Crippen LogP contribution < -0.4 is 16.8 Å². The highest BCUT2D eigenvalue weighted by molar-refractivity contribution is 6.04. The first-order valence-corrected chi connectivity index (χ1v) is 12.3. The quantitative estimate of drug-likeness (QED) is 0.128. The Hall–Kier alpha value is -3.99. The number of primary amides is 1. The van der Waals surface area contributed by atoms with Gasteiger partial charge in [-0.1, -0.05) is 24.3 Å². The van der Waals surface area contributed by atoms with Crippen molar-refractivity contribution in [1.82, 2.24) is 0 Å². The number of carbonyl (C=O) groups excluding carboxylic acids is 3. The smallest absolute Gasteiger partial charge is 0.405 e. The van der Waals surface area contributed by atoms with Gasteiger partial charge in [-0.2, -0.15) is 0 Å². The number of aromatic hydroxyl groups is 2. The van der Waals surface area contributed by atoms with Crippen LogP contribution in [0.15, 0.2) is 41.5 Å². The zero-order valence-electron chi connectivity index (χ0n) is 22.2. The molecule has 0 spiro atoms. The molecule has 1 aliphatic heterocycles. The van der Waals surface area contributed by atoms with E-state index in [0.717, 1.165) is 0 Å². The van der Waals surface area contributed by atoms with Gasteiger partial charge in [-0.15, -0.1) is 0 Å². The number of methoxy groups -OCH3 is 1. The summed E-state index contributed by atoms with van der Waals surface area (Å²) in [6.07, 6.45) is 5.78. The number of hydrogen-bond donors (Lipinski definition) is 5. The number of ether oxygens (including phenoxy) is 3. The van der Waals surface area contributed by atoms with E-state index in [4.69, 9.17) is 25.7 Å². The molecule has 2 bridgehead atoms. The molecule has 3 atom stereocenters. The van der Waals surface area contributed by atoms with E-state index in [0.29, 0.717) is 43.2 Å². The van der Waals surface area contributed by atoms with Gasteiger partial charge in [-0.05, 0) is 45.1 Å². The van der Waals surface area contributed by atoms with Crippen molar-refractivity contribution in [3.63, 3.8) is 0 Å². The molecule has 3 unspecified atom stereocenters. The second kappa shape index (κ2) is 14.1. The number of hydrogen-bond acceptors (Lipinski definition) is 9. The third-order valence-electron chi connectivity index (χ3n) is 6.18. The molecule has 0 fully saturated rings. The number of allylic oxidation sites excluding steroid dienone is 2. The Morgan fingerprint density at radius 3 is 2.50 bits per heavy atom. The minimum atomic E-state index is -0.983. The maximum atomic E-state index is 12.7. The van der Waals surface area contributed by atoms with Crippen molar-refractivity contribution in [3.05, 3.63) is 47.1 Å². The van der Waals surface area contributed by atoms with E-state index in [1.54, 1.807) is 32.1 Å². The summed E-state index contributed by atoms with van der Waals surface area (Å²) in [6.45, 7) is 4.64. The van der Waals surface area contributed by atoms with Gasteiger partial charge in [0.1, 0.15) is 23.7 Å². The molecule has 0 aromatic heterocycles. The standard InChI is InChI=1S/C27H37N3O8/c1-15-12-13-18(37-17(3)31)9-5-6-10-19-23(28)21(32)14-20(24(19)33)30-26(34)16(2)8-7-11-22(36-4)25(15)38-27(29)35/h7-8,11-12,14,18,22,25,32-33H,5-6,9-10,13,28H2,1-4H3,(H2,29,35)(H,30,34)/b11-7-,15-12+,16-8+. The molecule has 7 N–H and O–H groups in total. The van der Waals surface area contributed by atoms with Crippen molar-refractivity contribution >= 4 is 29.3 Å². The molecule has 1 aliphatic rings. The number of carbonyl (C=O) groups is 3. The Kier molecular flexibility index (Phi) is 11.2. The van der Waals surface area contributed by atoms with Gasteiger partial charge < -0.3 is 41.2 Å². The van der Waals surface area contributed by atoms with Crippen LogP contribution >= 0.6 is 0 Å². The topological polar surface area (TPSA) is 183 Å². The average molecular weight is 532 g/mol. The maximum Gasteiger partial charge on any atom is 0.405 e. The highest BCUT2D eigenvalue weighted by Gasteiger charge is 2.25. The van der Waals surface area contributed by atoms with Crippen LogP contribution in [0.2, 0.25) is 0 Å². The number of nitrogen functional groups attached to an aromatic ring is 1. The van der Waals surface area contributed by atoms with Crippen molar-refractivity contribution in [3.8, 4) is 11.5 Å². The van der Waals surface area contributed by atoms with Crippen LogP contribution in [-0.4, -0.2) is 53.6 Å². The first kappa shape index (κ1) is 30.2. The van der Waals surface area contributed by atoms with E-state index < -0.39 is 36.3 Å². The van der Waals surface area contributed by atoms with E-state index in [1.807, 2.05) is 0 Å². The summed E-state index contributed by atoms with van der Waals surface area (Å²) in [4.78, 5) is 36.0. The minimum absolute atomic E-state index is 0.0219. The summed E-state index contributed by atoms with van der Waals surface area (Å²) < 4.78 is 16.3. The fourth-order valence-electron chi connectivity index (χ4n) is 4.10. The molecule has 38 heavy (non-hydrogen) atoms. The fraction of sp³-hybridized carbons (Fsp3) is 0.444. The number of benzene rings is 1. The second-order valence-corrected chi connectivity index (χ2v) is 9.09. The molecule has 208 valence electrons. The van der Waals surface area contributed by atoms with E-state index in [1.165, 1.54) is 26.2 Å². The van der Waals surface area contributed by atoms with E-state index in [9.17, 15) is 24.6 Å². The lowest BCUT2D eigenvalue weighted by Crippen LogP contribution is -2.34. The molecule has 11 nitrogen and oxygen atoms in total. The minimum Gasteiger partial charge on any atom is -0.506 e. The summed E-state index contributed by atoms with van der Waals surface area (Å²) in [6, 6.07) is 1.19. The van der Waals surface area contributed by atoms with Crippen molar-refractivity contribution in [2.24, 2.45) is 5.73 Å². The molecule has 0 saturated carbocycles. The van der Waals surface area contributed by atoms with Gasteiger partial charge in [0.15, 0.2) is 6.10 Å². The van der Waals surface area contributed by atoms with Crippen LogP contribution in [0.4, 0.5) is 16.2 Å². The first-order valence-electron chi connectivity index (χ1n) is 12.3. The molecule has 0 aliphatic carbocycles. The van der Waals surface area contributed by atoms with Crippen molar-refractivity contribution < 1.29 is 38.8 Å². The molecule has 1 aromatic carbocycles. The molecule has 2 amide bonds. The lowest BCUT2D eigenvalue weighted by molar-refractivity contribution is -0.146. The van der Waals surface area contributed by atoms with Gasteiger partial charge in [0.25, 0.3) is 5.91 Å². The molecular formula is C27H37N3O8. The van der Waals surface area contributed by atoms with Crippen molar-refractivity contribution in [2.45, 2.75) is 71.2 Å². The van der Waals surface area contributed by atoms with Crippen molar-refractivity contribution in [1.29, 1.82) is 0 Å². The number of rotatable bonds is 3. The number of nitrogens with one attached hydrogen (secondary N) is 1. The number of anilines is 2. The highest BCUT2D eigenvalue weighted by atomic mass is 16.6. The Morgan fingerprint density at radius 2 is 1.87 bits per heavy atom.